The fourth-order valence-corrected chi connectivity index (χ4v) is 4.38. The molecule has 1 amide bonds. The SMILES string of the molecule is COc1ccc(C(=O)OCC(=O)N(CC#N)c2ccccc2)cc1S(=O)(=O)NC(C)(C)C. The molecule has 10 heteroatoms. The molecule has 9 nitrogen and oxygen atoms in total. The molecular weight excluding hydrogens is 434 g/mol. The molecule has 0 aromatic heterocycles. The summed E-state index contributed by atoms with van der Waals surface area (Å²) in [5.74, 6) is -1.43. The third kappa shape index (κ3) is 6.54. The van der Waals surface area contributed by atoms with E-state index in [1.54, 1.807) is 51.1 Å². The summed E-state index contributed by atoms with van der Waals surface area (Å²) in [6.45, 7) is 4.20. The fraction of sp³-hybridized carbons (Fsp3) is 0.318. The first-order chi connectivity index (χ1) is 15.0. The van der Waals surface area contributed by atoms with Crippen molar-refractivity contribution in [2.45, 2.75) is 31.2 Å². The number of esters is 1. The molecule has 0 radical (unpaired) electrons. The van der Waals surface area contributed by atoms with E-state index in [1.165, 1.54) is 24.1 Å². The minimum atomic E-state index is -4.00. The maximum Gasteiger partial charge on any atom is 0.338 e. The van der Waals surface area contributed by atoms with Gasteiger partial charge in [0.25, 0.3) is 5.91 Å². The number of rotatable bonds is 8. The largest absolute Gasteiger partial charge is 0.495 e. The van der Waals surface area contributed by atoms with E-state index >= 15 is 0 Å². The number of amides is 1. The molecule has 1 N–H and O–H groups in total. The monoisotopic (exact) mass is 459 g/mol. The lowest BCUT2D eigenvalue weighted by Crippen LogP contribution is -2.40. The molecule has 0 fully saturated rings. The van der Waals surface area contributed by atoms with Crippen molar-refractivity contribution in [1.82, 2.24) is 4.72 Å². The number of anilines is 1. The van der Waals surface area contributed by atoms with Crippen LogP contribution in [0.2, 0.25) is 0 Å². The van der Waals surface area contributed by atoms with E-state index in [-0.39, 0.29) is 22.8 Å². The number of methoxy groups -OCH3 is 1. The highest BCUT2D eigenvalue weighted by molar-refractivity contribution is 7.89. The van der Waals surface area contributed by atoms with Crippen LogP contribution in [0.4, 0.5) is 5.69 Å². The van der Waals surface area contributed by atoms with Gasteiger partial charge in [0, 0.05) is 11.2 Å². The number of benzene rings is 2. The van der Waals surface area contributed by atoms with Crippen molar-refractivity contribution in [1.29, 1.82) is 5.26 Å². The lowest BCUT2D eigenvalue weighted by molar-refractivity contribution is -0.121. The molecule has 2 aromatic carbocycles. The summed E-state index contributed by atoms with van der Waals surface area (Å²) >= 11 is 0. The predicted octanol–water partition coefficient (Wildman–Crippen LogP) is 2.49. The Balaban J connectivity index is 2.21. The summed E-state index contributed by atoms with van der Waals surface area (Å²) in [6.07, 6.45) is 0. The molecule has 0 atom stereocenters. The van der Waals surface area contributed by atoms with E-state index in [9.17, 15) is 18.0 Å². The summed E-state index contributed by atoms with van der Waals surface area (Å²) in [5, 5.41) is 9.01. The van der Waals surface area contributed by atoms with Crippen LogP contribution < -0.4 is 14.4 Å². The second-order valence-electron chi connectivity index (χ2n) is 7.77. The number of nitrogens with one attached hydrogen (secondary N) is 1. The van der Waals surface area contributed by atoms with Gasteiger partial charge >= 0.3 is 5.97 Å². The number of carbonyl (C=O) groups excluding carboxylic acids is 2. The third-order valence-corrected chi connectivity index (χ3v) is 5.83. The van der Waals surface area contributed by atoms with Crippen LogP contribution in [0.25, 0.3) is 0 Å². The number of para-hydroxylation sites is 1. The van der Waals surface area contributed by atoms with E-state index in [1.807, 2.05) is 6.07 Å². The summed E-state index contributed by atoms with van der Waals surface area (Å²) in [7, 11) is -2.68. The van der Waals surface area contributed by atoms with Crippen molar-refractivity contribution in [3.63, 3.8) is 0 Å². The van der Waals surface area contributed by atoms with E-state index in [0.717, 1.165) is 6.07 Å². The predicted molar refractivity (Wildman–Crippen MR) is 118 cm³/mol. The smallest absolute Gasteiger partial charge is 0.338 e. The molecule has 0 bridgehead atoms. The summed E-state index contributed by atoms with van der Waals surface area (Å²) in [5.41, 5.74) is -0.338. The Morgan fingerprint density at radius 2 is 1.78 bits per heavy atom. The van der Waals surface area contributed by atoms with Crippen LogP contribution in [0.15, 0.2) is 53.4 Å². The topological polar surface area (TPSA) is 126 Å². The molecule has 0 aliphatic rings. The molecule has 0 unspecified atom stereocenters. The molecule has 0 aliphatic carbocycles. The first-order valence-corrected chi connectivity index (χ1v) is 11.1. The van der Waals surface area contributed by atoms with Gasteiger partial charge in [-0.2, -0.15) is 5.26 Å². The molecule has 32 heavy (non-hydrogen) atoms. The zero-order chi connectivity index (χ0) is 23.9. The molecule has 0 saturated heterocycles. The highest BCUT2D eigenvalue weighted by atomic mass is 32.2. The number of nitrogens with zero attached hydrogens (tertiary/aromatic N) is 2. The minimum Gasteiger partial charge on any atom is -0.495 e. The van der Waals surface area contributed by atoms with Crippen LogP contribution in [-0.2, 0) is 19.6 Å². The fourth-order valence-electron chi connectivity index (χ4n) is 2.76. The number of hydrogen-bond donors (Lipinski definition) is 1. The first-order valence-electron chi connectivity index (χ1n) is 9.60. The first kappa shape index (κ1) is 24.8. The van der Waals surface area contributed by atoms with Crippen LogP contribution in [0.3, 0.4) is 0 Å². The average Bonchev–Trinajstić information content (AvgIpc) is 2.74. The molecule has 2 aromatic rings. The maximum atomic E-state index is 12.8. The number of hydrogen-bond acceptors (Lipinski definition) is 7. The van der Waals surface area contributed by atoms with Gasteiger partial charge in [-0.05, 0) is 51.1 Å². The number of carbonyl (C=O) groups is 2. The van der Waals surface area contributed by atoms with Crippen molar-refractivity contribution in [2.75, 3.05) is 25.2 Å². The van der Waals surface area contributed by atoms with E-state index in [0.29, 0.717) is 5.69 Å². The van der Waals surface area contributed by atoms with Crippen LogP contribution in [0, 0.1) is 11.3 Å². The number of ether oxygens (including phenoxy) is 2. The maximum absolute atomic E-state index is 12.8. The molecule has 0 saturated carbocycles. The van der Waals surface area contributed by atoms with Crippen LogP contribution in [0.1, 0.15) is 31.1 Å². The molecule has 0 heterocycles. The zero-order valence-electron chi connectivity index (χ0n) is 18.3. The Hall–Kier alpha value is -3.42. The molecular formula is C22H25N3O6S. The Morgan fingerprint density at radius 1 is 1.12 bits per heavy atom. The Kier molecular flexibility index (Phi) is 7.97. The van der Waals surface area contributed by atoms with Gasteiger partial charge in [0.05, 0.1) is 18.7 Å². The van der Waals surface area contributed by atoms with Gasteiger partial charge in [0.2, 0.25) is 10.0 Å². The van der Waals surface area contributed by atoms with E-state index < -0.39 is 34.0 Å². The van der Waals surface area contributed by atoms with Gasteiger partial charge in [-0.25, -0.2) is 17.9 Å². The van der Waals surface area contributed by atoms with Crippen molar-refractivity contribution >= 4 is 27.6 Å². The molecule has 0 spiro atoms. The normalized spacial score (nSPS) is 11.3. The zero-order valence-corrected chi connectivity index (χ0v) is 19.1. The highest BCUT2D eigenvalue weighted by Crippen LogP contribution is 2.26. The quantitative estimate of drug-likeness (QED) is 0.475. The Bertz CT molecular complexity index is 1120. The van der Waals surface area contributed by atoms with Gasteiger partial charge in [-0.3, -0.25) is 9.69 Å². The summed E-state index contributed by atoms with van der Waals surface area (Å²) in [6, 6.07) is 14.2. The van der Waals surface area contributed by atoms with Crippen molar-refractivity contribution in [3.05, 3.63) is 54.1 Å². The lowest BCUT2D eigenvalue weighted by atomic mass is 10.1. The van der Waals surface area contributed by atoms with Crippen LogP contribution in [-0.4, -0.2) is 46.1 Å². The lowest BCUT2D eigenvalue weighted by Gasteiger charge is -2.21. The number of sulfonamides is 1. The molecule has 2 rings (SSSR count). The second kappa shape index (κ2) is 10.3. The van der Waals surface area contributed by atoms with Crippen molar-refractivity contribution in [2.24, 2.45) is 0 Å². The van der Waals surface area contributed by atoms with Gasteiger partial charge in [0.15, 0.2) is 6.61 Å². The minimum absolute atomic E-state index is 0.0543. The van der Waals surface area contributed by atoms with Crippen molar-refractivity contribution < 1.29 is 27.5 Å². The Morgan fingerprint density at radius 3 is 2.34 bits per heavy atom. The molecule has 0 aliphatic heterocycles. The standard InChI is InChI=1S/C22H25N3O6S/c1-22(2,3)24-32(28,29)19-14-16(10-11-18(19)30-4)21(27)31-15-20(26)25(13-12-23)17-8-6-5-7-9-17/h5-11,14,24H,13,15H2,1-4H3. The van der Waals surface area contributed by atoms with E-state index in [2.05, 4.69) is 4.72 Å². The van der Waals surface area contributed by atoms with Gasteiger partial charge in [0.1, 0.15) is 17.2 Å². The van der Waals surface area contributed by atoms with Gasteiger partial charge < -0.3 is 9.47 Å². The van der Waals surface area contributed by atoms with Crippen molar-refractivity contribution in [3.8, 4) is 11.8 Å². The summed E-state index contributed by atoms with van der Waals surface area (Å²) < 4.78 is 38.2. The average molecular weight is 460 g/mol. The summed E-state index contributed by atoms with van der Waals surface area (Å²) in [4.78, 5) is 26.0. The van der Waals surface area contributed by atoms with Crippen LogP contribution >= 0.6 is 0 Å². The Labute approximate surface area is 187 Å². The highest BCUT2D eigenvalue weighted by Gasteiger charge is 2.27. The van der Waals surface area contributed by atoms with Gasteiger partial charge in [-0.15, -0.1) is 0 Å². The second-order valence-corrected chi connectivity index (χ2v) is 9.42. The van der Waals surface area contributed by atoms with E-state index in [4.69, 9.17) is 14.7 Å². The third-order valence-electron chi connectivity index (χ3n) is 4.05. The van der Waals surface area contributed by atoms with Gasteiger partial charge in [-0.1, -0.05) is 18.2 Å². The van der Waals surface area contributed by atoms with Crippen LogP contribution in [0.5, 0.6) is 5.75 Å². The number of nitriles is 1. The molecule has 170 valence electrons.